The van der Waals surface area contributed by atoms with E-state index in [1.165, 1.54) is 31.2 Å². The molecule has 2 fully saturated rings. The Balaban J connectivity index is 1.67. The highest BCUT2D eigenvalue weighted by Gasteiger charge is 2.48. The van der Waals surface area contributed by atoms with Gasteiger partial charge >= 0.3 is 0 Å². The van der Waals surface area contributed by atoms with Crippen LogP contribution in [-0.4, -0.2) is 22.5 Å². The van der Waals surface area contributed by atoms with Gasteiger partial charge in [-0.2, -0.15) is 0 Å². The summed E-state index contributed by atoms with van der Waals surface area (Å²) < 4.78 is 0. The van der Waals surface area contributed by atoms with Crippen molar-refractivity contribution < 1.29 is 0 Å². The number of nitrogens with two attached hydrogens (primary N) is 1. The maximum absolute atomic E-state index is 6.43. The van der Waals surface area contributed by atoms with Crippen LogP contribution in [0.15, 0.2) is 30.3 Å². The summed E-state index contributed by atoms with van der Waals surface area (Å²) in [5, 5.41) is 0. The molecule has 0 amide bonds. The third kappa shape index (κ3) is 2.70. The quantitative estimate of drug-likeness (QED) is 0.902. The molecule has 1 unspecified atom stereocenters. The minimum absolute atomic E-state index is 0.196. The van der Waals surface area contributed by atoms with Gasteiger partial charge in [-0.3, -0.25) is 4.90 Å². The summed E-state index contributed by atoms with van der Waals surface area (Å²) in [6.07, 6.45) is 5.03. The molecule has 1 saturated carbocycles. The number of nitrogens with zero attached hydrogens (tertiary/aromatic N) is 1. The summed E-state index contributed by atoms with van der Waals surface area (Å²) in [7, 11) is 0. The average molecular weight is 258 g/mol. The molecule has 2 nitrogen and oxygen atoms in total. The van der Waals surface area contributed by atoms with Gasteiger partial charge in [-0.1, -0.05) is 30.3 Å². The number of rotatable bonds is 3. The predicted octanol–water partition coefficient (Wildman–Crippen LogP) is 3.17. The van der Waals surface area contributed by atoms with Crippen LogP contribution in [0.25, 0.3) is 0 Å². The van der Waals surface area contributed by atoms with Crippen molar-refractivity contribution in [1.29, 1.82) is 0 Å². The minimum atomic E-state index is 0.196. The maximum atomic E-state index is 6.43. The van der Waals surface area contributed by atoms with Crippen LogP contribution in [0.5, 0.6) is 0 Å². The monoisotopic (exact) mass is 258 g/mol. The summed E-state index contributed by atoms with van der Waals surface area (Å²) in [5.74, 6) is 0.740. The molecule has 3 rings (SSSR count). The number of hydrogen-bond acceptors (Lipinski definition) is 2. The molecule has 3 atom stereocenters. The van der Waals surface area contributed by atoms with Gasteiger partial charge in [0, 0.05) is 24.2 Å². The van der Waals surface area contributed by atoms with Crippen LogP contribution in [0.1, 0.15) is 45.1 Å². The Labute approximate surface area is 117 Å². The first kappa shape index (κ1) is 13.1. The van der Waals surface area contributed by atoms with Crippen LogP contribution >= 0.6 is 0 Å². The Morgan fingerprint density at radius 2 is 1.68 bits per heavy atom. The average Bonchev–Trinajstić information content (AvgIpc) is 3.14. The second-order valence-electron chi connectivity index (χ2n) is 6.76. The number of likely N-dealkylation sites (tertiary alicyclic amines) is 1. The summed E-state index contributed by atoms with van der Waals surface area (Å²) in [4.78, 5) is 2.65. The van der Waals surface area contributed by atoms with Crippen molar-refractivity contribution in [2.24, 2.45) is 11.7 Å². The first-order valence-electron chi connectivity index (χ1n) is 7.67. The Morgan fingerprint density at radius 1 is 1.11 bits per heavy atom. The molecule has 0 radical (unpaired) electrons. The summed E-state index contributed by atoms with van der Waals surface area (Å²) >= 11 is 0. The molecule has 1 aromatic carbocycles. The van der Waals surface area contributed by atoms with E-state index in [1.807, 2.05) is 0 Å². The van der Waals surface area contributed by atoms with Gasteiger partial charge < -0.3 is 5.73 Å². The molecule has 2 N–H and O–H groups in total. The van der Waals surface area contributed by atoms with E-state index in [-0.39, 0.29) is 5.54 Å². The SMILES string of the molecule is C[C@@H]1CC(C2(N)CC2)C[C@H](C)N1Cc1ccccc1. The van der Waals surface area contributed by atoms with Crippen LogP contribution in [0.4, 0.5) is 0 Å². The normalized spacial score (nSPS) is 34.2. The van der Waals surface area contributed by atoms with Crippen molar-refractivity contribution in [3.05, 3.63) is 35.9 Å². The van der Waals surface area contributed by atoms with E-state index >= 15 is 0 Å². The Morgan fingerprint density at radius 3 is 2.21 bits per heavy atom. The molecule has 1 heterocycles. The van der Waals surface area contributed by atoms with E-state index in [1.54, 1.807) is 0 Å². The predicted molar refractivity (Wildman–Crippen MR) is 79.8 cm³/mol. The Hall–Kier alpha value is -0.860. The smallest absolute Gasteiger partial charge is 0.0239 e. The van der Waals surface area contributed by atoms with Crippen LogP contribution in [0, 0.1) is 5.92 Å². The lowest BCUT2D eigenvalue weighted by Crippen LogP contribution is -2.50. The van der Waals surface area contributed by atoms with E-state index in [0.717, 1.165) is 12.5 Å². The molecular formula is C17H26N2. The largest absolute Gasteiger partial charge is 0.325 e. The lowest BCUT2D eigenvalue weighted by Gasteiger charge is -2.44. The first-order chi connectivity index (χ1) is 9.08. The second kappa shape index (κ2) is 4.92. The lowest BCUT2D eigenvalue weighted by molar-refractivity contribution is 0.0509. The molecule has 1 aromatic rings. The van der Waals surface area contributed by atoms with Gasteiger partial charge in [0.15, 0.2) is 0 Å². The lowest BCUT2D eigenvalue weighted by atomic mass is 9.81. The van der Waals surface area contributed by atoms with Gasteiger partial charge in [0.1, 0.15) is 0 Å². The van der Waals surface area contributed by atoms with Crippen molar-refractivity contribution in [3.63, 3.8) is 0 Å². The minimum Gasteiger partial charge on any atom is -0.325 e. The number of hydrogen-bond donors (Lipinski definition) is 1. The summed E-state index contributed by atoms with van der Waals surface area (Å²) in [6.45, 7) is 5.82. The van der Waals surface area contributed by atoms with Crippen LogP contribution in [-0.2, 0) is 6.54 Å². The Kier molecular flexibility index (Phi) is 3.40. The summed E-state index contributed by atoms with van der Waals surface area (Å²) in [5.41, 5.74) is 8.05. The fraction of sp³-hybridized carbons (Fsp3) is 0.647. The van der Waals surface area contributed by atoms with Crippen molar-refractivity contribution >= 4 is 0 Å². The molecule has 0 spiro atoms. The molecule has 1 saturated heterocycles. The highest BCUT2D eigenvalue weighted by Crippen LogP contribution is 2.46. The van der Waals surface area contributed by atoms with Crippen molar-refractivity contribution in [3.8, 4) is 0 Å². The molecule has 2 aliphatic rings. The Bertz CT molecular complexity index is 412. The zero-order chi connectivity index (χ0) is 13.5. The van der Waals surface area contributed by atoms with Gasteiger partial charge in [-0.15, -0.1) is 0 Å². The number of benzene rings is 1. The second-order valence-corrected chi connectivity index (χ2v) is 6.76. The first-order valence-corrected chi connectivity index (χ1v) is 7.67. The molecule has 1 aliphatic carbocycles. The standard InChI is InChI=1S/C17H26N2/c1-13-10-16(17(18)8-9-17)11-14(2)19(13)12-15-6-4-3-5-7-15/h3-7,13-14,16H,8-12,18H2,1-2H3/t13-,14+,16?. The third-order valence-corrected chi connectivity index (χ3v) is 5.23. The molecular weight excluding hydrogens is 232 g/mol. The van der Waals surface area contributed by atoms with E-state index in [2.05, 4.69) is 49.1 Å². The van der Waals surface area contributed by atoms with Gasteiger partial charge in [0.05, 0.1) is 0 Å². The van der Waals surface area contributed by atoms with Crippen molar-refractivity contribution in [2.75, 3.05) is 0 Å². The van der Waals surface area contributed by atoms with Gasteiger partial charge in [0.25, 0.3) is 0 Å². The van der Waals surface area contributed by atoms with E-state index in [4.69, 9.17) is 5.73 Å². The fourth-order valence-electron chi connectivity index (χ4n) is 3.75. The van der Waals surface area contributed by atoms with Gasteiger partial charge in [-0.05, 0) is 51.0 Å². The van der Waals surface area contributed by atoms with Crippen LogP contribution < -0.4 is 5.73 Å². The highest BCUT2D eigenvalue weighted by molar-refractivity contribution is 5.15. The van der Waals surface area contributed by atoms with E-state index in [0.29, 0.717) is 12.1 Å². The van der Waals surface area contributed by atoms with E-state index < -0.39 is 0 Å². The van der Waals surface area contributed by atoms with Crippen LogP contribution in [0.3, 0.4) is 0 Å². The molecule has 0 aromatic heterocycles. The van der Waals surface area contributed by atoms with Crippen molar-refractivity contribution in [2.45, 2.75) is 63.7 Å². The summed E-state index contributed by atoms with van der Waals surface area (Å²) in [6, 6.07) is 12.1. The zero-order valence-electron chi connectivity index (χ0n) is 12.2. The molecule has 104 valence electrons. The molecule has 2 heteroatoms. The third-order valence-electron chi connectivity index (χ3n) is 5.23. The van der Waals surface area contributed by atoms with Crippen LogP contribution in [0.2, 0.25) is 0 Å². The zero-order valence-corrected chi connectivity index (χ0v) is 12.2. The van der Waals surface area contributed by atoms with Gasteiger partial charge in [0.2, 0.25) is 0 Å². The number of piperidine rings is 1. The fourth-order valence-corrected chi connectivity index (χ4v) is 3.75. The topological polar surface area (TPSA) is 29.3 Å². The van der Waals surface area contributed by atoms with Gasteiger partial charge in [-0.25, -0.2) is 0 Å². The molecule has 19 heavy (non-hydrogen) atoms. The van der Waals surface area contributed by atoms with E-state index in [9.17, 15) is 0 Å². The van der Waals surface area contributed by atoms with Crippen molar-refractivity contribution in [1.82, 2.24) is 4.90 Å². The molecule has 1 aliphatic heterocycles. The highest BCUT2D eigenvalue weighted by atomic mass is 15.2. The molecule has 0 bridgehead atoms. The maximum Gasteiger partial charge on any atom is 0.0239 e.